The number of halogens is 1. The standard InChI is InChI=1S/C15H21FN2O/c1-12-9-13(4-5-15(12)16)10-18(11-19)14-3-2-7-17-8-6-14/h4-5,9,11,14,17H,2-3,6-8,10H2,1H3. The molecular formula is C15H21FN2O. The summed E-state index contributed by atoms with van der Waals surface area (Å²) in [5.41, 5.74) is 1.62. The van der Waals surface area contributed by atoms with Crippen LogP contribution in [0.3, 0.4) is 0 Å². The van der Waals surface area contributed by atoms with E-state index in [2.05, 4.69) is 5.32 Å². The lowest BCUT2D eigenvalue weighted by Gasteiger charge is -2.27. The number of hydrogen-bond donors (Lipinski definition) is 1. The highest BCUT2D eigenvalue weighted by atomic mass is 19.1. The van der Waals surface area contributed by atoms with Crippen molar-refractivity contribution in [3.05, 3.63) is 35.1 Å². The van der Waals surface area contributed by atoms with Crippen molar-refractivity contribution in [2.24, 2.45) is 0 Å². The van der Waals surface area contributed by atoms with Crippen LogP contribution in [0.25, 0.3) is 0 Å². The quantitative estimate of drug-likeness (QED) is 0.846. The maximum Gasteiger partial charge on any atom is 0.210 e. The number of nitrogens with one attached hydrogen (secondary N) is 1. The Labute approximate surface area is 113 Å². The van der Waals surface area contributed by atoms with E-state index in [1.807, 2.05) is 11.0 Å². The molecule has 2 rings (SSSR count). The molecule has 1 aromatic rings. The van der Waals surface area contributed by atoms with E-state index in [0.717, 1.165) is 44.3 Å². The fraction of sp³-hybridized carbons (Fsp3) is 0.533. The molecule has 1 saturated heterocycles. The fourth-order valence-electron chi connectivity index (χ4n) is 2.60. The number of amides is 1. The number of nitrogens with zero attached hydrogens (tertiary/aromatic N) is 1. The van der Waals surface area contributed by atoms with E-state index in [9.17, 15) is 9.18 Å². The molecule has 0 saturated carbocycles. The molecule has 1 amide bonds. The normalized spacial score (nSPS) is 19.8. The Morgan fingerprint density at radius 3 is 3.00 bits per heavy atom. The minimum atomic E-state index is -0.194. The van der Waals surface area contributed by atoms with Gasteiger partial charge in [0.2, 0.25) is 6.41 Å². The Kier molecular flexibility index (Phi) is 4.91. The zero-order chi connectivity index (χ0) is 13.7. The molecule has 19 heavy (non-hydrogen) atoms. The predicted molar refractivity (Wildman–Crippen MR) is 73.3 cm³/mol. The number of rotatable bonds is 4. The van der Waals surface area contributed by atoms with Crippen LogP contribution in [-0.2, 0) is 11.3 Å². The molecular weight excluding hydrogens is 243 g/mol. The smallest absolute Gasteiger partial charge is 0.210 e. The van der Waals surface area contributed by atoms with Crippen molar-refractivity contribution < 1.29 is 9.18 Å². The van der Waals surface area contributed by atoms with Gasteiger partial charge >= 0.3 is 0 Å². The Hall–Kier alpha value is -1.42. The molecule has 1 aliphatic heterocycles. The zero-order valence-corrected chi connectivity index (χ0v) is 11.4. The van der Waals surface area contributed by atoms with Crippen LogP contribution in [0.2, 0.25) is 0 Å². The van der Waals surface area contributed by atoms with E-state index in [1.165, 1.54) is 6.07 Å². The van der Waals surface area contributed by atoms with Gasteiger partial charge in [0, 0.05) is 12.6 Å². The van der Waals surface area contributed by atoms with E-state index >= 15 is 0 Å². The lowest BCUT2D eigenvalue weighted by molar-refractivity contribution is -0.121. The molecule has 104 valence electrons. The van der Waals surface area contributed by atoms with E-state index in [0.29, 0.717) is 12.1 Å². The molecule has 0 bridgehead atoms. The van der Waals surface area contributed by atoms with E-state index in [-0.39, 0.29) is 11.9 Å². The van der Waals surface area contributed by atoms with Gasteiger partial charge in [0.05, 0.1) is 0 Å². The van der Waals surface area contributed by atoms with Crippen molar-refractivity contribution in [1.29, 1.82) is 0 Å². The van der Waals surface area contributed by atoms with E-state index in [4.69, 9.17) is 0 Å². The monoisotopic (exact) mass is 264 g/mol. The summed E-state index contributed by atoms with van der Waals surface area (Å²) in [6.45, 7) is 4.30. The highest BCUT2D eigenvalue weighted by Crippen LogP contribution is 2.17. The number of hydrogen-bond acceptors (Lipinski definition) is 2. The van der Waals surface area contributed by atoms with Gasteiger partial charge in [-0.15, -0.1) is 0 Å². The highest BCUT2D eigenvalue weighted by molar-refractivity contribution is 5.48. The van der Waals surface area contributed by atoms with Crippen molar-refractivity contribution in [3.8, 4) is 0 Å². The van der Waals surface area contributed by atoms with Gasteiger partial charge in [-0.2, -0.15) is 0 Å². The van der Waals surface area contributed by atoms with Gasteiger partial charge in [-0.1, -0.05) is 12.1 Å². The molecule has 0 spiro atoms. The topological polar surface area (TPSA) is 32.3 Å². The van der Waals surface area contributed by atoms with Gasteiger partial charge < -0.3 is 10.2 Å². The summed E-state index contributed by atoms with van der Waals surface area (Å²) in [4.78, 5) is 13.2. The van der Waals surface area contributed by atoms with Gasteiger partial charge in [0.15, 0.2) is 0 Å². The number of benzene rings is 1. The molecule has 4 heteroatoms. The minimum Gasteiger partial charge on any atom is -0.338 e. The molecule has 1 fully saturated rings. The Morgan fingerprint density at radius 2 is 2.26 bits per heavy atom. The average molecular weight is 264 g/mol. The maximum atomic E-state index is 13.2. The first-order valence-corrected chi connectivity index (χ1v) is 6.87. The van der Waals surface area contributed by atoms with E-state index < -0.39 is 0 Å². The second-order valence-corrected chi connectivity index (χ2v) is 5.20. The molecule has 1 aliphatic rings. The third-order valence-corrected chi connectivity index (χ3v) is 3.74. The second-order valence-electron chi connectivity index (χ2n) is 5.20. The molecule has 1 N–H and O–H groups in total. The van der Waals surface area contributed by atoms with Gasteiger partial charge in [-0.3, -0.25) is 4.79 Å². The van der Waals surface area contributed by atoms with Crippen LogP contribution in [-0.4, -0.2) is 30.4 Å². The number of carbonyl (C=O) groups is 1. The molecule has 0 aliphatic carbocycles. The van der Waals surface area contributed by atoms with Gasteiger partial charge in [0.25, 0.3) is 0 Å². The molecule has 1 unspecified atom stereocenters. The van der Waals surface area contributed by atoms with E-state index in [1.54, 1.807) is 13.0 Å². The molecule has 0 radical (unpaired) electrons. The van der Waals surface area contributed by atoms with Crippen LogP contribution in [0, 0.1) is 12.7 Å². The lowest BCUT2D eigenvalue weighted by atomic mass is 10.1. The molecule has 1 aromatic carbocycles. The third kappa shape index (κ3) is 3.77. The van der Waals surface area contributed by atoms with Crippen molar-refractivity contribution in [2.75, 3.05) is 13.1 Å². The summed E-state index contributed by atoms with van der Waals surface area (Å²) in [6, 6.07) is 5.34. The van der Waals surface area contributed by atoms with Gasteiger partial charge in [-0.25, -0.2) is 4.39 Å². The first kappa shape index (κ1) is 14.0. The van der Waals surface area contributed by atoms with Crippen molar-refractivity contribution in [3.63, 3.8) is 0 Å². The zero-order valence-electron chi connectivity index (χ0n) is 11.4. The number of carbonyl (C=O) groups excluding carboxylic acids is 1. The third-order valence-electron chi connectivity index (χ3n) is 3.74. The summed E-state index contributed by atoms with van der Waals surface area (Å²) in [5, 5.41) is 3.34. The highest BCUT2D eigenvalue weighted by Gasteiger charge is 2.18. The molecule has 1 heterocycles. The largest absolute Gasteiger partial charge is 0.338 e. The first-order valence-electron chi connectivity index (χ1n) is 6.87. The van der Waals surface area contributed by atoms with Crippen molar-refractivity contribution >= 4 is 6.41 Å². The predicted octanol–water partition coefficient (Wildman–Crippen LogP) is 2.23. The van der Waals surface area contributed by atoms with Crippen LogP contribution in [0.4, 0.5) is 4.39 Å². The number of aryl methyl sites for hydroxylation is 1. The molecule has 3 nitrogen and oxygen atoms in total. The van der Waals surface area contributed by atoms with Crippen molar-refractivity contribution in [1.82, 2.24) is 10.2 Å². The summed E-state index contributed by atoms with van der Waals surface area (Å²) < 4.78 is 13.2. The van der Waals surface area contributed by atoms with Crippen LogP contribution in [0.1, 0.15) is 30.4 Å². The second kappa shape index (κ2) is 6.66. The first-order chi connectivity index (χ1) is 9.20. The minimum absolute atomic E-state index is 0.194. The molecule has 0 aromatic heterocycles. The summed E-state index contributed by atoms with van der Waals surface area (Å²) in [5.74, 6) is -0.194. The summed E-state index contributed by atoms with van der Waals surface area (Å²) >= 11 is 0. The van der Waals surface area contributed by atoms with Crippen LogP contribution in [0.5, 0.6) is 0 Å². The Balaban J connectivity index is 2.04. The van der Waals surface area contributed by atoms with Crippen LogP contribution >= 0.6 is 0 Å². The Bertz CT molecular complexity index is 428. The SMILES string of the molecule is Cc1cc(CN(C=O)C2CCCNCC2)ccc1F. The van der Waals surface area contributed by atoms with Crippen molar-refractivity contribution in [2.45, 2.75) is 38.8 Å². The maximum absolute atomic E-state index is 13.2. The Morgan fingerprint density at radius 1 is 1.42 bits per heavy atom. The van der Waals surface area contributed by atoms with Crippen LogP contribution < -0.4 is 5.32 Å². The summed E-state index contributed by atoms with van der Waals surface area (Å²) in [6.07, 6.45) is 4.04. The van der Waals surface area contributed by atoms with Gasteiger partial charge in [0.1, 0.15) is 5.82 Å². The van der Waals surface area contributed by atoms with Crippen LogP contribution in [0.15, 0.2) is 18.2 Å². The summed E-state index contributed by atoms with van der Waals surface area (Å²) in [7, 11) is 0. The molecule has 1 atom stereocenters. The average Bonchev–Trinajstić information content (AvgIpc) is 2.69. The van der Waals surface area contributed by atoms with Gasteiger partial charge in [-0.05, 0) is 56.5 Å². The lowest BCUT2D eigenvalue weighted by Crippen LogP contribution is -2.34. The fourth-order valence-corrected chi connectivity index (χ4v) is 2.60.